The van der Waals surface area contributed by atoms with Gasteiger partial charge in [0.05, 0.1) is 5.41 Å². The molecule has 2 saturated carbocycles. The highest BCUT2D eigenvalue weighted by atomic mass is 16.1. The Morgan fingerprint density at radius 3 is 3.00 bits per heavy atom. The molecule has 2 heteroatoms. The van der Waals surface area contributed by atoms with E-state index < -0.39 is 0 Å². The van der Waals surface area contributed by atoms with Crippen LogP contribution >= 0.6 is 0 Å². The first-order valence-electron chi connectivity index (χ1n) is 5.48. The first-order chi connectivity index (χ1) is 6.72. The maximum absolute atomic E-state index is 11.9. The van der Waals surface area contributed by atoms with E-state index in [1.165, 1.54) is 0 Å². The number of allylic oxidation sites excluding steroid dienone is 2. The highest BCUT2D eigenvalue weighted by Gasteiger charge is 2.53. The highest BCUT2D eigenvalue weighted by molar-refractivity contribution is 5.97. The van der Waals surface area contributed by atoms with Gasteiger partial charge in [-0.2, -0.15) is 0 Å². The summed E-state index contributed by atoms with van der Waals surface area (Å²) in [6.07, 6.45) is 8.30. The van der Waals surface area contributed by atoms with Gasteiger partial charge in [0.25, 0.3) is 0 Å². The summed E-state index contributed by atoms with van der Waals surface area (Å²) in [6.45, 7) is 0. The average Bonchev–Trinajstić information content (AvgIpc) is 2.19. The molecular weight excluding hydrogens is 176 g/mol. The predicted molar refractivity (Wildman–Crippen MR) is 51.7 cm³/mol. The number of hydrogen-bond acceptors (Lipinski definition) is 2. The molecule has 0 aromatic carbocycles. The van der Waals surface area contributed by atoms with Crippen LogP contribution < -0.4 is 0 Å². The Labute approximate surface area is 83.4 Å². The van der Waals surface area contributed by atoms with Crippen molar-refractivity contribution in [2.45, 2.75) is 32.1 Å². The molecule has 0 aromatic rings. The quantitative estimate of drug-likeness (QED) is 0.547. The van der Waals surface area contributed by atoms with Gasteiger partial charge < -0.3 is 0 Å². The van der Waals surface area contributed by atoms with Crippen molar-refractivity contribution in [3.05, 3.63) is 12.2 Å². The molecule has 1 spiro atoms. The molecule has 0 aliphatic heterocycles. The van der Waals surface area contributed by atoms with Crippen LogP contribution in [0.2, 0.25) is 0 Å². The topological polar surface area (TPSA) is 34.1 Å². The zero-order chi connectivity index (χ0) is 9.76. The van der Waals surface area contributed by atoms with Gasteiger partial charge in [0, 0.05) is 18.8 Å². The normalized spacial score (nSPS) is 45.4. The van der Waals surface area contributed by atoms with Crippen LogP contribution in [-0.4, -0.2) is 11.6 Å². The fraction of sp³-hybridized carbons (Fsp3) is 0.667. The van der Waals surface area contributed by atoms with E-state index in [0.717, 1.165) is 19.3 Å². The first-order valence-corrected chi connectivity index (χ1v) is 5.48. The predicted octanol–water partition coefficient (Wildman–Crippen LogP) is 1.89. The molecule has 14 heavy (non-hydrogen) atoms. The molecule has 74 valence electrons. The molecule has 4 aliphatic rings. The number of Topliss-reactive ketones (excluding diaryl/α,β-unsaturated/α-hetero) is 2. The number of rotatable bonds is 0. The lowest BCUT2D eigenvalue weighted by molar-refractivity contribution is -0.143. The Morgan fingerprint density at radius 1 is 1.36 bits per heavy atom. The maximum Gasteiger partial charge on any atom is 0.143 e. The smallest absolute Gasteiger partial charge is 0.143 e. The minimum absolute atomic E-state index is 0.132. The molecule has 2 nitrogen and oxygen atoms in total. The zero-order valence-electron chi connectivity index (χ0n) is 8.16. The van der Waals surface area contributed by atoms with Crippen LogP contribution in [0, 0.1) is 17.3 Å². The van der Waals surface area contributed by atoms with E-state index in [2.05, 4.69) is 6.08 Å². The number of hydrogen-bond donors (Lipinski definition) is 0. The van der Waals surface area contributed by atoms with E-state index in [0.29, 0.717) is 30.3 Å². The molecule has 0 heterocycles. The Hall–Kier alpha value is -0.920. The summed E-state index contributed by atoms with van der Waals surface area (Å²) in [7, 11) is 0. The Bertz CT molecular complexity index is 342. The standard InChI is InChI=1S/C12H14O2/c13-10-7-12-5-4-8(10)6-9(12)2-1-3-11(12)14/h4-5,8-9H,1-3,6-7H2/t8-,9+,12+/m0/s1. The Kier molecular flexibility index (Phi) is 1.53. The summed E-state index contributed by atoms with van der Waals surface area (Å²) in [4.78, 5) is 23.6. The second kappa shape index (κ2) is 2.56. The van der Waals surface area contributed by atoms with Crippen molar-refractivity contribution in [1.82, 2.24) is 0 Å². The monoisotopic (exact) mass is 190 g/mol. The minimum Gasteiger partial charge on any atom is -0.299 e. The summed E-state index contributed by atoms with van der Waals surface area (Å²) in [6, 6.07) is 0. The van der Waals surface area contributed by atoms with E-state index in [-0.39, 0.29) is 11.3 Å². The van der Waals surface area contributed by atoms with Crippen molar-refractivity contribution in [1.29, 1.82) is 0 Å². The third kappa shape index (κ3) is 0.865. The molecule has 4 rings (SSSR count). The number of fused-ring (bicyclic) bond motifs is 1. The van der Waals surface area contributed by atoms with Gasteiger partial charge in [-0.25, -0.2) is 0 Å². The third-order valence-electron chi connectivity index (χ3n) is 4.25. The molecule has 4 aliphatic carbocycles. The van der Waals surface area contributed by atoms with Crippen LogP contribution in [0.15, 0.2) is 12.2 Å². The van der Waals surface area contributed by atoms with Crippen molar-refractivity contribution >= 4 is 11.6 Å². The summed E-state index contributed by atoms with van der Waals surface area (Å²) in [5, 5.41) is 0. The number of carbonyl (C=O) groups is 2. The summed E-state index contributed by atoms with van der Waals surface area (Å²) in [5.74, 6) is 1.21. The molecule has 3 atom stereocenters. The van der Waals surface area contributed by atoms with Crippen molar-refractivity contribution in [2.24, 2.45) is 17.3 Å². The van der Waals surface area contributed by atoms with E-state index in [1.807, 2.05) is 6.08 Å². The lowest BCUT2D eigenvalue weighted by Gasteiger charge is -2.48. The minimum atomic E-state index is -0.357. The number of ketones is 2. The van der Waals surface area contributed by atoms with Crippen molar-refractivity contribution in [2.75, 3.05) is 0 Å². The average molecular weight is 190 g/mol. The van der Waals surface area contributed by atoms with Crippen LogP contribution in [0.1, 0.15) is 32.1 Å². The molecule has 0 amide bonds. The van der Waals surface area contributed by atoms with E-state index >= 15 is 0 Å². The maximum atomic E-state index is 11.9. The van der Waals surface area contributed by atoms with Gasteiger partial charge in [-0.1, -0.05) is 12.2 Å². The van der Waals surface area contributed by atoms with Crippen LogP contribution in [-0.2, 0) is 9.59 Å². The molecule has 2 bridgehead atoms. The van der Waals surface area contributed by atoms with Gasteiger partial charge in [-0.05, 0) is 25.2 Å². The van der Waals surface area contributed by atoms with E-state index in [4.69, 9.17) is 0 Å². The highest BCUT2D eigenvalue weighted by Crippen LogP contribution is 2.53. The summed E-state index contributed by atoms with van der Waals surface area (Å²) in [5.41, 5.74) is -0.357. The second-order valence-electron chi connectivity index (χ2n) is 4.90. The first kappa shape index (κ1) is 8.39. The van der Waals surface area contributed by atoms with Crippen LogP contribution in [0.4, 0.5) is 0 Å². The lowest BCUT2D eigenvalue weighted by atomic mass is 9.53. The van der Waals surface area contributed by atoms with Gasteiger partial charge in [0.2, 0.25) is 0 Å². The van der Waals surface area contributed by atoms with Gasteiger partial charge in [-0.15, -0.1) is 0 Å². The van der Waals surface area contributed by atoms with E-state index in [9.17, 15) is 9.59 Å². The van der Waals surface area contributed by atoms with Crippen molar-refractivity contribution < 1.29 is 9.59 Å². The van der Waals surface area contributed by atoms with Gasteiger partial charge in [-0.3, -0.25) is 9.59 Å². The second-order valence-corrected chi connectivity index (χ2v) is 4.90. The van der Waals surface area contributed by atoms with Gasteiger partial charge in [0.15, 0.2) is 0 Å². The van der Waals surface area contributed by atoms with Crippen LogP contribution in [0.3, 0.4) is 0 Å². The molecule has 0 N–H and O–H groups in total. The van der Waals surface area contributed by atoms with Gasteiger partial charge in [0.1, 0.15) is 11.6 Å². The molecule has 0 radical (unpaired) electrons. The van der Waals surface area contributed by atoms with Crippen molar-refractivity contribution in [3.63, 3.8) is 0 Å². The molecule has 0 unspecified atom stereocenters. The fourth-order valence-electron chi connectivity index (χ4n) is 3.42. The molecule has 0 saturated heterocycles. The summed E-state index contributed by atoms with van der Waals surface area (Å²) >= 11 is 0. The Morgan fingerprint density at radius 2 is 2.21 bits per heavy atom. The molecular formula is C12H14O2. The largest absolute Gasteiger partial charge is 0.299 e. The third-order valence-corrected chi connectivity index (χ3v) is 4.25. The zero-order valence-corrected chi connectivity index (χ0v) is 8.16. The fourth-order valence-corrected chi connectivity index (χ4v) is 3.42. The van der Waals surface area contributed by atoms with E-state index in [1.54, 1.807) is 0 Å². The lowest BCUT2D eigenvalue weighted by Crippen LogP contribution is -2.50. The summed E-state index contributed by atoms with van der Waals surface area (Å²) < 4.78 is 0. The Balaban J connectivity index is 2.08. The molecule has 2 fully saturated rings. The van der Waals surface area contributed by atoms with Crippen molar-refractivity contribution in [3.8, 4) is 0 Å². The molecule has 0 aromatic heterocycles. The number of carbonyl (C=O) groups excluding carboxylic acids is 2. The van der Waals surface area contributed by atoms with Gasteiger partial charge >= 0.3 is 0 Å². The van der Waals surface area contributed by atoms with Crippen LogP contribution in [0.5, 0.6) is 0 Å². The van der Waals surface area contributed by atoms with Crippen LogP contribution in [0.25, 0.3) is 0 Å². The SMILES string of the molecule is O=C1C[C@]23C=C[C@H]1C[C@H]2CCCC3=O.